The number of nitrogens with zero attached hydrogens (tertiary/aromatic N) is 1. The zero-order valence-electron chi connectivity index (χ0n) is 19.9. The van der Waals surface area contributed by atoms with E-state index in [2.05, 4.69) is 10.6 Å². The molecule has 1 aliphatic heterocycles. The fraction of sp³-hybridized carbons (Fsp3) is 0.333. The van der Waals surface area contributed by atoms with Gasteiger partial charge in [0, 0.05) is 6.07 Å². The molecule has 2 amide bonds. The van der Waals surface area contributed by atoms with Gasteiger partial charge in [0.15, 0.2) is 5.75 Å². The maximum atomic E-state index is 13.1. The van der Waals surface area contributed by atoms with E-state index in [9.17, 15) is 19.7 Å². The molecule has 0 spiro atoms. The van der Waals surface area contributed by atoms with Crippen LogP contribution >= 0.6 is 0 Å². The van der Waals surface area contributed by atoms with E-state index in [0.717, 1.165) is 0 Å². The molecule has 0 aromatic heterocycles. The molecule has 0 aliphatic carbocycles. The van der Waals surface area contributed by atoms with Gasteiger partial charge in [-0.3, -0.25) is 10.1 Å². The summed E-state index contributed by atoms with van der Waals surface area (Å²) in [5.74, 6) is -0.00130. The highest BCUT2D eigenvalue weighted by atomic mass is 16.6. The van der Waals surface area contributed by atoms with Gasteiger partial charge in [-0.25, -0.2) is 9.59 Å². The van der Waals surface area contributed by atoms with Crippen molar-refractivity contribution in [2.24, 2.45) is 0 Å². The summed E-state index contributed by atoms with van der Waals surface area (Å²) in [4.78, 5) is 37.0. The molecule has 1 aliphatic rings. The smallest absolute Gasteiger partial charge is 0.338 e. The average Bonchev–Trinajstić information content (AvgIpc) is 2.84. The molecule has 1 heterocycles. The highest BCUT2D eigenvalue weighted by molar-refractivity contribution is 6.04. The van der Waals surface area contributed by atoms with Crippen LogP contribution in [0.25, 0.3) is 5.70 Å². The van der Waals surface area contributed by atoms with E-state index in [-0.39, 0.29) is 53.8 Å². The number of benzene rings is 2. The van der Waals surface area contributed by atoms with Crippen molar-refractivity contribution in [1.29, 1.82) is 0 Å². The molecule has 0 fully saturated rings. The highest BCUT2D eigenvalue weighted by Gasteiger charge is 2.36. The summed E-state index contributed by atoms with van der Waals surface area (Å²) in [6, 6.07) is 7.85. The number of nitrogens with one attached hydrogen (secondary N) is 2. The number of urea groups is 1. The number of carbonyl (C=O) groups excluding carboxylic acids is 2. The van der Waals surface area contributed by atoms with Crippen LogP contribution in [0.4, 0.5) is 10.5 Å². The lowest BCUT2D eigenvalue weighted by Gasteiger charge is -2.30. The third kappa shape index (κ3) is 5.45. The molecule has 0 radical (unpaired) electrons. The number of esters is 1. The summed E-state index contributed by atoms with van der Waals surface area (Å²) in [6.45, 7) is 5.57. The van der Waals surface area contributed by atoms with Gasteiger partial charge in [0.05, 0.1) is 49.2 Å². The van der Waals surface area contributed by atoms with Gasteiger partial charge in [-0.1, -0.05) is 0 Å². The third-order valence-corrected chi connectivity index (χ3v) is 5.12. The maximum Gasteiger partial charge on any atom is 0.338 e. The molecule has 2 aromatic carbocycles. The molecule has 0 saturated carbocycles. The molecule has 2 aromatic rings. The van der Waals surface area contributed by atoms with E-state index in [1.54, 1.807) is 45.0 Å². The first-order valence-electron chi connectivity index (χ1n) is 11.1. The first-order valence-corrected chi connectivity index (χ1v) is 11.1. The van der Waals surface area contributed by atoms with Crippen LogP contribution in [0.2, 0.25) is 0 Å². The minimum Gasteiger partial charge on any atom is -0.497 e. The molecule has 0 saturated heterocycles. The third-order valence-electron chi connectivity index (χ3n) is 5.12. The van der Waals surface area contributed by atoms with Gasteiger partial charge in [0.25, 0.3) is 0 Å². The SMILES string of the molecule is CCOC(=O)C1=C(c2ccc(OC)cc2)NC(=O)NC1c1cc(OCC)c(OCC)c([N+](=O)[O-])c1. The summed E-state index contributed by atoms with van der Waals surface area (Å²) in [5, 5.41) is 17.2. The van der Waals surface area contributed by atoms with E-state index in [0.29, 0.717) is 11.3 Å². The molecule has 2 N–H and O–H groups in total. The molecular formula is C24H27N3O8. The van der Waals surface area contributed by atoms with Gasteiger partial charge in [0.2, 0.25) is 5.75 Å². The second kappa shape index (κ2) is 11.2. The van der Waals surface area contributed by atoms with E-state index in [4.69, 9.17) is 18.9 Å². The topological polar surface area (TPSA) is 138 Å². The Labute approximate surface area is 202 Å². The minimum atomic E-state index is -1.06. The van der Waals surface area contributed by atoms with Gasteiger partial charge >= 0.3 is 17.7 Å². The lowest BCUT2D eigenvalue weighted by atomic mass is 9.92. The van der Waals surface area contributed by atoms with Gasteiger partial charge in [-0.2, -0.15) is 0 Å². The predicted octanol–water partition coefficient (Wildman–Crippen LogP) is 3.73. The van der Waals surface area contributed by atoms with Crippen LogP contribution in [0.1, 0.15) is 37.9 Å². The first kappa shape index (κ1) is 25.3. The van der Waals surface area contributed by atoms with Crippen molar-refractivity contribution in [3.8, 4) is 17.2 Å². The van der Waals surface area contributed by atoms with Crippen molar-refractivity contribution in [1.82, 2.24) is 10.6 Å². The van der Waals surface area contributed by atoms with Crippen LogP contribution in [-0.2, 0) is 9.53 Å². The number of rotatable bonds is 10. The van der Waals surface area contributed by atoms with Crippen LogP contribution in [0.3, 0.4) is 0 Å². The zero-order valence-corrected chi connectivity index (χ0v) is 19.9. The number of ether oxygens (including phenoxy) is 4. The second-order valence-electron chi connectivity index (χ2n) is 7.26. The quantitative estimate of drug-likeness (QED) is 0.295. The van der Waals surface area contributed by atoms with E-state index < -0.39 is 23.0 Å². The lowest BCUT2D eigenvalue weighted by Crippen LogP contribution is -2.45. The van der Waals surface area contributed by atoms with Crippen LogP contribution in [0.15, 0.2) is 42.0 Å². The molecule has 11 heteroatoms. The summed E-state index contributed by atoms with van der Waals surface area (Å²) in [5.41, 5.74) is 0.730. The van der Waals surface area contributed by atoms with Crippen LogP contribution in [0, 0.1) is 10.1 Å². The molecule has 35 heavy (non-hydrogen) atoms. The monoisotopic (exact) mass is 485 g/mol. The lowest BCUT2D eigenvalue weighted by molar-refractivity contribution is -0.386. The Hall–Kier alpha value is -4.28. The number of hydrogen-bond donors (Lipinski definition) is 2. The van der Waals surface area contributed by atoms with Crippen molar-refractivity contribution in [3.63, 3.8) is 0 Å². The Bertz CT molecular complexity index is 1140. The van der Waals surface area contributed by atoms with E-state index >= 15 is 0 Å². The van der Waals surface area contributed by atoms with Crippen molar-refractivity contribution in [2.45, 2.75) is 26.8 Å². The van der Waals surface area contributed by atoms with Crippen LogP contribution in [0.5, 0.6) is 17.2 Å². The van der Waals surface area contributed by atoms with Crippen molar-refractivity contribution >= 4 is 23.4 Å². The number of amides is 2. The Morgan fingerprint density at radius 1 is 1.06 bits per heavy atom. The summed E-state index contributed by atoms with van der Waals surface area (Å²) < 4.78 is 21.6. The number of carbonyl (C=O) groups is 2. The molecule has 11 nitrogen and oxygen atoms in total. The van der Waals surface area contributed by atoms with Crippen LogP contribution in [-0.4, -0.2) is 43.9 Å². The van der Waals surface area contributed by atoms with Crippen molar-refractivity contribution < 1.29 is 33.5 Å². The van der Waals surface area contributed by atoms with Gasteiger partial charge in [0.1, 0.15) is 5.75 Å². The van der Waals surface area contributed by atoms with E-state index in [1.807, 2.05) is 0 Å². The minimum absolute atomic E-state index is 0.0274. The first-order chi connectivity index (χ1) is 16.8. The Balaban J connectivity index is 2.26. The van der Waals surface area contributed by atoms with Gasteiger partial charge in [-0.15, -0.1) is 0 Å². The van der Waals surface area contributed by atoms with E-state index in [1.165, 1.54) is 19.2 Å². The van der Waals surface area contributed by atoms with Crippen molar-refractivity contribution in [3.05, 3.63) is 63.2 Å². The fourth-order valence-corrected chi connectivity index (χ4v) is 3.69. The molecular weight excluding hydrogens is 458 g/mol. The van der Waals surface area contributed by atoms with Gasteiger partial charge < -0.3 is 29.6 Å². The molecule has 0 bridgehead atoms. The van der Waals surface area contributed by atoms with Crippen molar-refractivity contribution in [2.75, 3.05) is 26.9 Å². The van der Waals surface area contributed by atoms with Gasteiger partial charge in [-0.05, 0) is 62.2 Å². The average molecular weight is 485 g/mol. The predicted molar refractivity (Wildman–Crippen MR) is 126 cm³/mol. The number of nitro groups is 1. The number of nitro benzene ring substituents is 1. The zero-order chi connectivity index (χ0) is 25.5. The molecule has 1 unspecified atom stereocenters. The molecule has 186 valence electrons. The Morgan fingerprint density at radius 3 is 2.31 bits per heavy atom. The standard InChI is InChI=1S/C24H27N3O8/c1-5-33-18-13-15(12-17(27(30)31)22(18)34-6-2)21-19(23(28)35-7-3)20(25-24(29)26-21)14-8-10-16(32-4)11-9-14/h8-13,21H,5-7H2,1-4H3,(H2,25,26,29). The fourth-order valence-electron chi connectivity index (χ4n) is 3.69. The number of hydrogen-bond acceptors (Lipinski definition) is 8. The summed E-state index contributed by atoms with van der Waals surface area (Å²) in [6.07, 6.45) is 0. The maximum absolute atomic E-state index is 13.1. The summed E-state index contributed by atoms with van der Waals surface area (Å²) >= 11 is 0. The Kier molecular flexibility index (Phi) is 8.13. The number of methoxy groups -OCH3 is 1. The normalized spacial score (nSPS) is 15.1. The van der Waals surface area contributed by atoms with Crippen LogP contribution < -0.4 is 24.8 Å². The molecule has 3 rings (SSSR count). The molecule has 1 atom stereocenters. The second-order valence-corrected chi connectivity index (χ2v) is 7.26. The summed E-state index contributed by atoms with van der Waals surface area (Å²) in [7, 11) is 1.52. The highest BCUT2D eigenvalue weighted by Crippen LogP contribution is 2.42. The largest absolute Gasteiger partial charge is 0.497 e. The Morgan fingerprint density at radius 2 is 1.74 bits per heavy atom.